The quantitative estimate of drug-likeness (QED) is 0.301. The molecule has 0 fully saturated rings. The Kier molecular flexibility index (Phi) is 5.76. The van der Waals surface area contributed by atoms with Crippen LogP contribution in [0.4, 0.5) is 0 Å². The summed E-state index contributed by atoms with van der Waals surface area (Å²) in [6, 6.07) is 20.6. The number of hydrogen-bond donors (Lipinski definition) is 0. The standard InChI is InChI=1S/C26H22O5/c1-28-21-9-7-19(8-10-21)24-15-20-12-17(6-11-25(20)31-26(24)27)4-5-18-13-22(29-2)16-23(14-18)30-3/h4-16H,1-3H3/b5-4-. The Morgan fingerprint density at radius 2 is 1.32 bits per heavy atom. The summed E-state index contributed by atoms with van der Waals surface area (Å²) in [6.45, 7) is 0. The van der Waals surface area contributed by atoms with E-state index in [2.05, 4.69) is 0 Å². The molecular weight excluding hydrogens is 392 g/mol. The number of methoxy groups -OCH3 is 3. The first-order chi connectivity index (χ1) is 15.1. The van der Waals surface area contributed by atoms with Gasteiger partial charge in [-0.1, -0.05) is 30.4 Å². The van der Waals surface area contributed by atoms with Crippen LogP contribution in [0.1, 0.15) is 11.1 Å². The van der Waals surface area contributed by atoms with Crippen LogP contribution in [0.2, 0.25) is 0 Å². The Morgan fingerprint density at radius 3 is 1.97 bits per heavy atom. The van der Waals surface area contributed by atoms with E-state index in [1.54, 1.807) is 27.4 Å². The predicted molar refractivity (Wildman–Crippen MR) is 123 cm³/mol. The first kappa shape index (κ1) is 20.3. The number of fused-ring (bicyclic) bond motifs is 1. The van der Waals surface area contributed by atoms with Crippen molar-refractivity contribution in [3.63, 3.8) is 0 Å². The molecule has 1 heterocycles. The molecule has 3 aromatic carbocycles. The third kappa shape index (κ3) is 4.46. The molecule has 0 spiro atoms. The lowest BCUT2D eigenvalue weighted by atomic mass is 10.0. The summed E-state index contributed by atoms with van der Waals surface area (Å²) in [6.07, 6.45) is 3.97. The van der Waals surface area contributed by atoms with E-state index in [1.807, 2.05) is 72.8 Å². The summed E-state index contributed by atoms with van der Waals surface area (Å²) in [5.41, 5.74) is 3.39. The van der Waals surface area contributed by atoms with Crippen LogP contribution in [-0.4, -0.2) is 21.3 Å². The highest BCUT2D eigenvalue weighted by molar-refractivity contribution is 5.85. The van der Waals surface area contributed by atoms with Crippen LogP contribution in [0.25, 0.3) is 34.2 Å². The summed E-state index contributed by atoms with van der Waals surface area (Å²) in [7, 11) is 4.86. The number of hydrogen-bond acceptors (Lipinski definition) is 5. The summed E-state index contributed by atoms with van der Waals surface area (Å²) >= 11 is 0. The molecule has 0 aliphatic rings. The maximum absolute atomic E-state index is 12.5. The number of benzene rings is 3. The van der Waals surface area contributed by atoms with Gasteiger partial charge in [0, 0.05) is 11.5 Å². The van der Waals surface area contributed by atoms with Crippen LogP contribution in [0, 0.1) is 0 Å². The van der Waals surface area contributed by atoms with Crippen LogP contribution < -0.4 is 19.8 Å². The van der Waals surface area contributed by atoms with Gasteiger partial charge >= 0.3 is 5.63 Å². The number of ether oxygens (including phenoxy) is 3. The van der Waals surface area contributed by atoms with Crippen molar-refractivity contribution in [2.45, 2.75) is 0 Å². The molecule has 5 nitrogen and oxygen atoms in total. The van der Waals surface area contributed by atoms with E-state index < -0.39 is 0 Å². The van der Waals surface area contributed by atoms with Gasteiger partial charge in [0.15, 0.2) is 0 Å². The monoisotopic (exact) mass is 414 g/mol. The van der Waals surface area contributed by atoms with Crippen molar-refractivity contribution in [3.05, 3.63) is 88.3 Å². The van der Waals surface area contributed by atoms with Crippen molar-refractivity contribution in [2.75, 3.05) is 21.3 Å². The number of rotatable bonds is 6. The van der Waals surface area contributed by atoms with Gasteiger partial charge in [-0.25, -0.2) is 4.79 Å². The molecule has 1 aromatic heterocycles. The Labute approximate surface area is 180 Å². The van der Waals surface area contributed by atoms with Gasteiger partial charge in [-0.2, -0.15) is 0 Å². The fraction of sp³-hybridized carbons (Fsp3) is 0.115. The molecule has 5 heteroatoms. The highest BCUT2D eigenvalue weighted by Gasteiger charge is 2.08. The van der Waals surface area contributed by atoms with Crippen LogP contribution in [0.5, 0.6) is 17.2 Å². The highest BCUT2D eigenvalue weighted by Crippen LogP contribution is 2.26. The zero-order valence-corrected chi connectivity index (χ0v) is 17.5. The second-order valence-corrected chi connectivity index (χ2v) is 6.95. The predicted octanol–water partition coefficient (Wildman–Crippen LogP) is 5.66. The molecule has 4 rings (SSSR count). The van der Waals surface area contributed by atoms with Gasteiger partial charge in [0.05, 0.1) is 26.9 Å². The molecule has 0 bridgehead atoms. The van der Waals surface area contributed by atoms with Crippen LogP contribution in [0.15, 0.2) is 75.9 Å². The Morgan fingerprint density at radius 1 is 0.677 bits per heavy atom. The fourth-order valence-corrected chi connectivity index (χ4v) is 3.34. The molecule has 0 saturated heterocycles. The van der Waals surface area contributed by atoms with Crippen LogP contribution in [-0.2, 0) is 0 Å². The van der Waals surface area contributed by atoms with Crippen molar-refractivity contribution >= 4 is 23.1 Å². The smallest absolute Gasteiger partial charge is 0.344 e. The van der Waals surface area contributed by atoms with E-state index in [0.29, 0.717) is 11.1 Å². The molecular formula is C26H22O5. The van der Waals surface area contributed by atoms with E-state index in [-0.39, 0.29) is 5.63 Å². The van der Waals surface area contributed by atoms with Crippen molar-refractivity contribution in [1.82, 2.24) is 0 Å². The second kappa shape index (κ2) is 8.79. The Balaban J connectivity index is 1.69. The minimum Gasteiger partial charge on any atom is -0.497 e. The summed E-state index contributed by atoms with van der Waals surface area (Å²) in [4.78, 5) is 12.5. The first-order valence-electron chi connectivity index (χ1n) is 9.73. The average molecular weight is 414 g/mol. The van der Waals surface area contributed by atoms with Gasteiger partial charge in [0.2, 0.25) is 0 Å². The van der Waals surface area contributed by atoms with Crippen LogP contribution >= 0.6 is 0 Å². The van der Waals surface area contributed by atoms with E-state index in [0.717, 1.165) is 39.3 Å². The molecule has 0 amide bonds. The van der Waals surface area contributed by atoms with Gasteiger partial charge in [-0.15, -0.1) is 0 Å². The largest absolute Gasteiger partial charge is 0.497 e. The minimum absolute atomic E-state index is 0.371. The van der Waals surface area contributed by atoms with E-state index in [4.69, 9.17) is 18.6 Å². The van der Waals surface area contributed by atoms with E-state index in [1.165, 1.54) is 0 Å². The third-order valence-electron chi connectivity index (χ3n) is 5.00. The summed E-state index contributed by atoms with van der Waals surface area (Å²) < 4.78 is 21.4. The lowest BCUT2D eigenvalue weighted by Crippen LogP contribution is -2.02. The lowest BCUT2D eigenvalue weighted by molar-refractivity contribution is 0.394. The molecule has 0 saturated carbocycles. The second-order valence-electron chi connectivity index (χ2n) is 6.95. The zero-order chi connectivity index (χ0) is 21.8. The fourth-order valence-electron chi connectivity index (χ4n) is 3.34. The molecule has 156 valence electrons. The average Bonchev–Trinajstić information content (AvgIpc) is 2.82. The maximum Gasteiger partial charge on any atom is 0.344 e. The normalized spacial score (nSPS) is 11.1. The highest BCUT2D eigenvalue weighted by atomic mass is 16.5. The van der Waals surface area contributed by atoms with E-state index in [9.17, 15) is 4.79 Å². The topological polar surface area (TPSA) is 57.9 Å². The molecule has 0 unspecified atom stereocenters. The molecule has 0 aliphatic heterocycles. The molecule has 4 aromatic rings. The van der Waals surface area contributed by atoms with Gasteiger partial charge in [-0.05, 0) is 59.2 Å². The SMILES string of the molecule is COc1ccc(-c2cc3cc(/C=C\c4cc(OC)cc(OC)c4)ccc3oc2=O)cc1. The van der Waals surface area contributed by atoms with Crippen molar-refractivity contribution < 1.29 is 18.6 Å². The molecule has 0 radical (unpaired) electrons. The van der Waals surface area contributed by atoms with Crippen molar-refractivity contribution in [3.8, 4) is 28.4 Å². The van der Waals surface area contributed by atoms with Crippen molar-refractivity contribution in [2.24, 2.45) is 0 Å². The Bertz CT molecular complexity index is 1280. The van der Waals surface area contributed by atoms with Gasteiger partial charge in [0.25, 0.3) is 0 Å². The Hall–Kier alpha value is -3.99. The van der Waals surface area contributed by atoms with Gasteiger partial charge < -0.3 is 18.6 Å². The maximum atomic E-state index is 12.5. The molecule has 31 heavy (non-hydrogen) atoms. The first-order valence-corrected chi connectivity index (χ1v) is 9.73. The van der Waals surface area contributed by atoms with Crippen LogP contribution in [0.3, 0.4) is 0 Å². The van der Waals surface area contributed by atoms with E-state index >= 15 is 0 Å². The third-order valence-corrected chi connectivity index (χ3v) is 5.00. The van der Waals surface area contributed by atoms with Crippen molar-refractivity contribution in [1.29, 1.82) is 0 Å². The zero-order valence-electron chi connectivity index (χ0n) is 17.5. The molecule has 0 N–H and O–H groups in total. The summed E-state index contributed by atoms with van der Waals surface area (Å²) in [5.74, 6) is 2.18. The summed E-state index contributed by atoms with van der Waals surface area (Å²) in [5, 5.41) is 0.843. The lowest BCUT2D eigenvalue weighted by Gasteiger charge is -2.06. The van der Waals surface area contributed by atoms with Gasteiger partial charge in [0.1, 0.15) is 22.8 Å². The molecule has 0 aliphatic carbocycles. The molecule has 0 atom stereocenters. The minimum atomic E-state index is -0.371. The van der Waals surface area contributed by atoms with Gasteiger partial charge in [-0.3, -0.25) is 0 Å².